The van der Waals surface area contributed by atoms with Crippen molar-refractivity contribution in [1.29, 1.82) is 1.34 Å². The molecule has 0 heterocycles. The second-order valence-electron chi connectivity index (χ2n) is 4.60. The van der Waals surface area contributed by atoms with E-state index < -0.39 is 64.5 Å². The third kappa shape index (κ3) is 11.5. The molecule has 3 radical (unpaired) electrons. The van der Waals surface area contributed by atoms with E-state index in [1.54, 1.807) is 0 Å². The topological polar surface area (TPSA) is 102 Å². The molecule has 0 saturated carbocycles. The third-order valence-corrected chi connectivity index (χ3v) is 2.69. The van der Waals surface area contributed by atoms with Gasteiger partial charge in [0, 0.05) is 21.9 Å². The van der Waals surface area contributed by atoms with Crippen LogP contribution in [0.15, 0.2) is 12.1 Å². The van der Waals surface area contributed by atoms with E-state index in [9.17, 15) is 44.7 Å². The zero-order valence-electron chi connectivity index (χ0n) is 21.2. The van der Waals surface area contributed by atoms with Gasteiger partial charge in [0.15, 0.2) is 30.4 Å². The Morgan fingerprint density at radius 1 is 1.09 bits per heavy atom. The Morgan fingerprint density at radius 3 is 1.79 bits per heavy atom. The van der Waals surface area contributed by atoms with Gasteiger partial charge in [-0.15, -0.1) is 0 Å². The first-order chi connectivity index (χ1) is 17.7. The van der Waals surface area contributed by atoms with Gasteiger partial charge in [0.05, 0.1) is 15.7 Å². The van der Waals surface area contributed by atoms with Gasteiger partial charge in [0.25, 0.3) is 6.45 Å². The number of carbonyl (C=O) groups is 2. The number of phenols is 1. The van der Waals surface area contributed by atoms with Crippen LogP contribution in [-0.2, 0) is 9.59 Å². The Labute approximate surface area is 197 Å². The summed E-state index contributed by atoms with van der Waals surface area (Å²) >= 11 is 0. The van der Waals surface area contributed by atoms with Gasteiger partial charge in [-0.25, -0.2) is 17.6 Å². The highest BCUT2D eigenvalue weighted by Crippen LogP contribution is 2.26. The highest BCUT2D eigenvalue weighted by atomic mass is 19.2. The van der Waals surface area contributed by atoms with E-state index in [1.807, 2.05) is 0 Å². The summed E-state index contributed by atoms with van der Waals surface area (Å²) in [4.78, 5) is 20.3. The molecule has 0 spiro atoms. The molecular weight excluding hydrogens is 482 g/mol. The first kappa shape index (κ1) is 27.0. The van der Waals surface area contributed by atoms with E-state index in [-0.39, 0.29) is 38.4 Å². The largest absolute Gasteiger partial charge is 0.503 e. The van der Waals surface area contributed by atoms with Crippen molar-refractivity contribution in [1.82, 2.24) is 5.32 Å². The monoisotopic (exact) mass is 505 g/mol. The fourth-order valence-corrected chi connectivity index (χ4v) is 1.32. The SMILES string of the molecule is Oc1c(F)c(F)cc(F)c1F.[2H]C(=O)Oc1c(F)c(F)cc(F)c1F.[2H]CN.[2H][B]CC(=O)NC[2H].[B]C. The lowest BCUT2D eigenvalue weighted by molar-refractivity contribution is -0.121. The van der Waals surface area contributed by atoms with Crippen molar-refractivity contribution in [3.63, 3.8) is 0 Å². The van der Waals surface area contributed by atoms with Crippen LogP contribution in [0.1, 0.15) is 4.11 Å². The molecule has 16 heteroatoms. The molecule has 1 amide bonds. The van der Waals surface area contributed by atoms with E-state index >= 15 is 0 Å². The summed E-state index contributed by atoms with van der Waals surface area (Å²) < 4.78 is 127. The average molecular weight is 505 g/mol. The number of phenolic OH excluding ortho intramolecular Hbond substituents is 1. The van der Waals surface area contributed by atoms with Crippen molar-refractivity contribution in [3.8, 4) is 11.5 Å². The van der Waals surface area contributed by atoms with E-state index in [0.717, 1.165) is 7.81 Å². The van der Waals surface area contributed by atoms with Gasteiger partial charge in [-0.05, 0) is 14.7 Å². The van der Waals surface area contributed by atoms with E-state index in [2.05, 4.69) is 23.6 Å². The number of nitrogens with one attached hydrogen (secondary N) is 1. The summed E-state index contributed by atoms with van der Waals surface area (Å²) in [6.07, 6.45) is -1.74. The van der Waals surface area contributed by atoms with E-state index in [4.69, 9.17) is 10.6 Å². The lowest BCUT2D eigenvalue weighted by Crippen LogP contribution is -2.15. The molecule has 0 unspecified atom stereocenters. The summed E-state index contributed by atoms with van der Waals surface area (Å²) in [5.41, 5.74) is 4.51. The maximum Gasteiger partial charge on any atom is 0.298 e. The molecule has 0 aliphatic carbocycles. The number of aromatic hydroxyl groups is 1. The number of carbonyl (C=O) groups excluding carboxylic acids is 2. The van der Waals surface area contributed by atoms with Crippen LogP contribution in [0.2, 0.25) is 13.1 Å². The lowest BCUT2D eigenvalue weighted by Gasteiger charge is -2.02. The summed E-state index contributed by atoms with van der Waals surface area (Å²) in [7, 11) is 5.40. The zero-order valence-corrected chi connectivity index (χ0v) is 17.2. The molecule has 0 bridgehead atoms. The molecule has 0 atom stereocenters. The summed E-state index contributed by atoms with van der Waals surface area (Å²) in [6, 6.07) is -0.0175. The molecule has 4 N–H and O–H groups in total. The Hall–Kier alpha value is -3.29. The average Bonchev–Trinajstić information content (AvgIpc) is 2.86. The molecular formula is C18H19B2F8N2O4. The fraction of sp³-hybridized carbons (Fsp3) is 0.222. The van der Waals surface area contributed by atoms with Crippen LogP contribution < -0.4 is 15.8 Å². The molecule has 2 aromatic rings. The van der Waals surface area contributed by atoms with Gasteiger partial charge in [0.2, 0.25) is 34.9 Å². The van der Waals surface area contributed by atoms with E-state index in [1.165, 1.54) is 6.82 Å². The van der Waals surface area contributed by atoms with E-state index in [0.29, 0.717) is 0 Å². The van der Waals surface area contributed by atoms with Gasteiger partial charge in [-0.1, -0.05) is 6.82 Å². The minimum atomic E-state index is -1.86. The first-order valence-electron chi connectivity index (χ1n) is 10.5. The van der Waals surface area contributed by atoms with Crippen LogP contribution in [0.3, 0.4) is 0 Å². The van der Waals surface area contributed by atoms with Crippen LogP contribution in [-0.4, -0.2) is 48.5 Å². The Bertz CT molecular complexity index is 973. The minimum absolute atomic E-state index is 0. The molecule has 187 valence electrons. The van der Waals surface area contributed by atoms with Crippen molar-refractivity contribution in [3.05, 3.63) is 58.7 Å². The summed E-state index contributed by atoms with van der Waals surface area (Å²) in [5.74, 6) is -17.4. The third-order valence-electron chi connectivity index (χ3n) is 2.69. The number of benzene rings is 2. The highest BCUT2D eigenvalue weighted by Gasteiger charge is 2.20. The first-order valence-corrected chi connectivity index (χ1v) is 8.06. The number of hydrogen-bond donors (Lipinski definition) is 3. The Morgan fingerprint density at radius 2 is 1.47 bits per heavy atom. The van der Waals surface area contributed by atoms with Crippen LogP contribution in [0.4, 0.5) is 35.1 Å². The number of hydrogen-bond acceptors (Lipinski definition) is 5. The van der Waals surface area contributed by atoms with Crippen LogP contribution in [0, 0.1) is 46.5 Å². The zero-order chi connectivity index (χ0) is 30.6. The second-order valence-corrected chi connectivity index (χ2v) is 4.60. The van der Waals surface area contributed by atoms with Gasteiger partial charge >= 0.3 is 0 Å². The number of nitrogens with two attached hydrogens (primary N) is 1. The van der Waals surface area contributed by atoms with Gasteiger partial charge in [-0.2, -0.15) is 17.6 Å². The minimum Gasteiger partial charge on any atom is -0.503 e. The second kappa shape index (κ2) is 19.2. The summed E-state index contributed by atoms with van der Waals surface area (Å²) in [5, 5.41) is 10.6. The Balaban J connectivity index is -0.000000458. The van der Waals surface area contributed by atoms with Crippen LogP contribution >= 0.6 is 0 Å². The normalized spacial score (nSPS) is 10.2. The maximum absolute atomic E-state index is 12.7. The van der Waals surface area contributed by atoms with Crippen LogP contribution in [0.5, 0.6) is 11.5 Å². The number of ether oxygens (including phenoxy) is 1. The lowest BCUT2D eigenvalue weighted by atomic mass is 10.1. The van der Waals surface area contributed by atoms with Crippen molar-refractivity contribution >= 4 is 28.0 Å². The molecule has 2 aromatic carbocycles. The molecule has 2 rings (SSSR count). The molecule has 0 aliphatic heterocycles. The fourth-order valence-electron chi connectivity index (χ4n) is 1.32. The Kier molecular flexibility index (Phi) is 15.2. The molecule has 34 heavy (non-hydrogen) atoms. The number of amides is 1. The van der Waals surface area contributed by atoms with Crippen molar-refractivity contribution in [2.24, 2.45) is 5.73 Å². The molecule has 6 nitrogen and oxygen atoms in total. The van der Waals surface area contributed by atoms with Gasteiger partial charge < -0.3 is 20.9 Å². The maximum atomic E-state index is 12.7. The molecule has 0 fully saturated rings. The van der Waals surface area contributed by atoms with Crippen molar-refractivity contribution < 1.29 is 58.7 Å². The standard InChI is InChI=1S/C7H2F4O2.C6H2F4O.C3H7BNO.CH3B.CH5N/c8-3-1-4(9)6(11)7(5(3)10)13-2-12;7-2-1-3(8)5(10)6(11)4(2)9;1-5-3(6)2-4;2*1-2/h1-2H;1,11H;4H,2H2,1H3,(H,5,6);1H3;2H2,1H3/i2D;;1D,4D;;1D. The van der Waals surface area contributed by atoms with Crippen molar-refractivity contribution in [2.45, 2.75) is 13.1 Å². The molecule has 0 aromatic heterocycles. The van der Waals surface area contributed by atoms with Crippen LogP contribution in [0.25, 0.3) is 0 Å². The number of rotatable bonds is 3. The highest BCUT2D eigenvalue weighted by molar-refractivity contribution is 6.19. The summed E-state index contributed by atoms with van der Waals surface area (Å²) in [6.45, 7) is 1.50. The van der Waals surface area contributed by atoms with Crippen molar-refractivity contribution in [2.75, 3.05) is 14.0 Å². The van der Waals surface area contributed by atoms with Gasteiger partial charge in [0.1, 0.15) is 0 Å². The van der Waals surface area contributed by atoms with Gasteiger partial charge in [-0.3, -0.25) is 9.59 Å². The predicted molar refractivity (Wildman–Crippen MR) is 109 cm³/mol. The predicted octanol–water partition coefficient (Wildman–Crippen LogP) is 2.56. The number of halogens is 8. The quantitative estimate of drug-likeness (QED) is 0.258. The molecule has 0 aliphatic rings. The smallest absolute Gasteiger partial charge is 0.298 e. The molecule has 0 saturated heterocycles.